The average molecular weight is 541 g/mol. The van der Waals surface area contributed by atoms with Gasteiger partial charge in [0, 0.05) is 24.0 Å². The van der Waals surface area contributed by atoms with Gasteiger partial charge in [0.25, 0.3) is 5.96 Å². The molecular weight excluding hydrogens is 508 g/mol. The highest BCUT2D eigenvalue weighted by molar-refractivity contribution is 6.30. The number of methoxy groups -OCH3 is 1. The predicted octanol–water partition coefficient (Wildman–Crippen LogP) is 1.91. The van der Waals surface area contributed by atoms with Crippen molar-refractivity contribution in [2.75, 3.05) is 40.0 Å². The summed E-state index contributed by atoms with van der Waals surface area (Å²) in [6.45, 7) is 4.54. The fraction of sp³-hybridized carbons (Fsp3) is 0.370. The molecule has 0 spiro atoms. The van der Waals surface area contributed by atoms with Crippen LogP contribution in [0.4, 0.5) is 0 Å². The molecule has 2 aromatic carbocycles. The third-order valence-electron chi connectivity index (χ3n) is 6.63. The maximum Gasteiger partial charge on any atom is 0.445 e. The number of ether oxygens (including phenoxy) is 2. The quantitative estimate of drug-likeness (QED) is 0.241. The first-order valence-corrected chi connectivity index (χ1v) is 12.5. The lowest BCUT2D eigenvalue weighted by Crippen LogP contribution is -2.41. The summed E-state index contributed by atoms with van der Waals surface area (Å²) in [5.41, 5.74) is 8.42. The molecule has 0 saturated carbocycles. The summed E-state index contributed by atoms with van der Waals surface area (Å²) in [4.78, 5) is 36.5. The number of carbonyl (C=O) groups is 2. The van der Waals surface area contributed by atoms with Gasteiger partial charge in [-0.25, -0.2) is 9.59 Å². The summed E-state index contributed by atoms with van der Waals surface area (Å²) in [7, 11) is 1.55. The van der Waals surface area contributed by atoms with Gasteiger partial charge in [0.1, 0.15) is 17.1 Å². The molecule has 39 heavy (non-hydrogen) atoms. The number of hydrogen-bond donors (Lipinski definition) is 1. The van der Waals surface area contributed by atoms with Gasteiger partial charge >= 0.3 is 11.9 Å². The summed E-state index contributed by atoms with van der Waals surface area (Å²) >= 11 is 0. The molecule has 2 aliphatic rings. The van der Waals surface area contributed by atoms with Crippen LogP contribution < -0.4 is 10.5 Å². The first kappa shape index (κ1) is 27.9. The Kier molecular flexibility index (Phi) is 9.02. The molecule has 0 bridgehead atoms. The minimum Gasteiger partial charge on any atom is -0.496 e. The standard InChI is InChI=1S/C27H30N4O7.H2O/c1-34-22-10-9-18(6-4-5-11-30-12-14-35-15-13-30)16-20(22)24(23-17-19-7-2-3-8-21(19)36-23)31-27(28)29-37-25(32)26(33)38-31;/h2-3,7-10,16-17,24H,4-6,11-15H2,1H3,(H2,28,29);1H2. The van der Waals surface area contributed by atoms with Gasteiger partial charge in [-0.3, -0.25) is 4.90 Å². The zero-order chi connectivity index (χ0) is 26.5. The minimum atomic E-state index is -1.28. The molecule has 3 heterocycles. The maximum atomic E-state index is 12.3. The number of rotatable bonds is 9. The SMILES string of the molecule is COc1ccc(CCCCN2CCOCC2)cc1C(c1cc2ccccc2o1)N1OC(=O)C(=O)ON=C1N.O. The summed E-state index contributed by atoms with van der Waals surface area (Å²) in [5.74, 6) is -1.93. The molecule has 0 radical (unpaired) electrons. The topological polar surface area (TPSA) is 161 Å². The van der Waals surface area contributed by atoms with Gasteiger partial charge in [-0.15, -0.1) is 0 Å². The van der Waals surface area contributed by atoms with E-state index in [0.717, 1.165) is 68.1 Å². The third-order valence-corrected chi connectivity index (χ3v) is 6.63. The van der Waals surface area contributed by atoms with Crippen LogP contribution >= 0.6 is 0 Å². The van der Waals surface area contributed by atoms with Gasteiger partial charge in [0.2, 0.25) is 0 Å². The van der Waals surface area contributed by atoms with E-state index < -0.39 is 18.0 Å². The lowest BCUT2D eigenvalue weighted by Gasteiger charge is -2.28. The molecular formula is C27H32N4O8. The number of para-hydroxylation sites is 1. The van der Waals surface area contributed by atoms with E-state index in [1.807, 2.05) is 48.5 Å². The first-order chi connectivity index (χ1) is 18.5. The van der Waals surface area contributed by atoms with Crippen LogP contribution in [0.2, 0.25) is 0 Å². The Bertz CT molecular complexity index is 1300. The van der Waals surface area contributed by atoms with Crippen LogP contribution in [0.25, 0.3) is 11.0 Å². The van der Waals surface area contributed by atoms with Crippen molar-refractivity contribution in [1.29, 1.82) is 0 Å². The van der Waals surface area contributed by atoms with Crippen molar-refractivity contribution in [3.05, 3.63) is 65.4 Å². The summed E-state index contributed by atoms with van der Waals surface area (Å²) < 4.78 is 17.3. The molecule has 1 fully saturated rings. The molecule has 0 amide bonds. The molecule has 12 nitrogen and oxygen atoms in total. The van der Waals surface area contributed by atoms with Gasteiger partial charge in [0.15, 0.2) is 6.04 Å². The normalized spacial score (nSPS) is 17.1. The minimum absolute atomic E-state index is 0. The number of guanidine groups is 1. The predicted molar refractivity (Wildman–Crippen MR) is 141 cm³/mol. The van der Waals surface area contributed by atoms with Gasteiger partial charge < -0.3 is 34.8 Å². The smallest absolute Gasteiger partial charge is 0.445 e. The molecule has 208 valence electrons. The van der Waals surface area contributed by atoms with E-state index in [4.69, 9.17) is 24.5 Å². The van der Waals surface area contributed by atoms with E-state index in [2.05, 4.69) is 14.9 Å². The highest BCUT2D eigenvalue weighted by atomic mass is 16.8. The Balaban J connectivity index is 0.00000353. The average Bonchev–Trinajstić information content (AvgIpc) is 3.32. The molecule has 1 atom stereocenters. The number of hydrogen-bond acceptors (Lipinski definition) is 11. The van der Waals surface area contributed by atoms with Gasteiger partial charge in [-0.05, 0) is 60.8 Å². The van der Waals surface area contributed by atoms with Gasteiger partial charge in [-0.1, -0.05) is 24.3 Å². The number of benzene rings is 2. The Morgan fingerprint density at radius 1 is 1.05 bits per heavy atom. The van der Waals surface area contributed by atoms with Crippen molar-refractivity contribution in [3.8, 4) is 5.75 Å². The van der Waals surface area contributed by atoms with Gasteiger partial charge in [-0.2, -0.15) is 5.06 Å². The molecule has 2 aliphatic heterocycles. The first-order valence-electron chi connectivity index (χ1n) is 12.5. The van der Waals surface area contributed by atoms with E-state index in [1.54, 1.807) is 7.11 Å². The highest BCUT2D eigenvalue weighted by Gasteiger charge is 2.38. The molecule has 1 unspecified atom stereocenters. The van der Waals surface area contributed by atoms with Crippen molar-refractivity contribution in [2.45, 2.75) is 25.3 Å². The number of morpholine rings is 1. The second kappa shape index (κ2) is 12.6. The van der Waals surface area contributed by atoms with Crippen LogP contribution in [-0.2, 0) is 30.4 Å². The molecule has 4 N–H and O–H groups in total. The molecule has 1 saturated heterocycles. The number of unbranched alkanes of at least 4 members (excludes halogenated alkanes) is 1. The summed E-state index contributed by atoms with van der Waals surface area (Å²) in [5, 5.41) is 5.44. The van der Waals surface area contributed by atoms with Crippen LogP contribution in [0.5, 0.6) is 5.75 Å². The van der Waals surface area contributed by atoms with Crippen LogP contribution in [0.3, 0.4) is 0 Å². The van der Waals surface area contributed by atoms with Crippen molar-refractivity contribution >= 4 is 28.9 Å². The van der Waals surface area contributed by atoms with E-state index >= 15 is 0 Å². The van der Waals surface area contributed by atoms with Crippen molar-refractivity contribution in [3.63, 3.8) is 0 Å². The lowest BCUT2D eigenvalue weighted by atomic mass is 9.97. The third kappa shape index (κ3) is 6.30. The number of nitrogens with two attached hydrogens (primary N) is 1. The number of nitrogens with zero attached hydrogens (tertiary/aromatic N) is 3. The number of hydroxylamine groups is 2. The molecule has 3 aromatic rings. The van der Waals surface area contributed by atoms with Crippen molar-refractivity contribution in [2.24, 2.45) is 10.9 Å². The fourth-order valence-corrected chi connectivity index (χ4v) is 4.70. The van der Waals surface area contributed by atoms with Crippen molar-refractivity contribution in [1.82, 2.24) is 9.96 Å². The maximum absolute atomic E-state index is 12.3. The fourth-order valence-electron chi connectivity index (χ4n) is 4.70. The Hall–Kier alpha value is -4.13. The summed E-state index contributed by atoms with van der Waals surface area (Å²) in [6.07, 6.45) is 2.87. The molecule has 12 heteroatoms. The Labute approximate surface area is 225 Å². The Morgan fingerprint density at radius 2 is 1.85 bits per heavy atom. The summed E-state index contributed by atoms with van der Waals surface area (Å²) in [6, 6.07) is 14.2. The number of carbonyl (C=O) groups excluding carboxylic acids is 2. The van der Waals surface area contributed by atoms with Crippen molar-refractivity contribution < 1.29 is 38.6 Å². The monoisotopic (exact) mass is 540 g/mol. The number of aryl methyl sites for hydroxylation is 1. The van der Waals surface area contributed by atoms with Crippen LogP contribution in [0, 0.1) is 0 Å². The van der Waals surface area contributed by atoms with Crippen LogP contribution in [-0.4, -0.2) is 73.3 Å². The largest absolute Gasteiger partial charge is 0.496 e. The van der Waals surface area contributed by atoms with E-state index in [-0.39, 0.29) is 11.4 Å². The van der Waals surface area contributed by atoms with E-state index in [1.165, 1.54) is 0 Å². The second-order valence-electron chi connectivity index (χ2n) is 9.11. The van der Waals surface area contributed by atoms with Crippen LogP contribution in [0.15, 0.2) is 58.1 Å². The van der Waals surface area contributed by atoms with Gasteiger partial charge in [0.05, 0.1) is 20.3 Å². The number of fused-ring (bicyclic) bond motifs is 1. The van der Waals surface area contributed by atoms with Crippen LogP contribution in [0.1, 0.15) is 35.8 Å². The zero-order valence-corrected chi connectivity index (χ0v) is 21.6. The lowest BCUT2D eigenvalue weighted by molar-refractivity contribution is -0.187. The Morgan fingerprint density at radius 3 is 2.62 bits per heavy atom. The molecule has 5 rings (SSSR count). The number of furan rings is 1. The highest BCUT2D eigenvalue weighted by Crippen LogP contribution is 2.38. The number of oxime groups is 1. The molecule has 0 aliphatic carbocycles. The second-order valence-corrected chi connectivity index (χ2v) is 9.11. The van der Waals surface area contributed by atoms with E-state index in [9.17, 15) is 9.59 Å². The zero-order valence-electron chi connectivity index (χ0n) is 21.6. The van der Waals surface area contributed by atoms with E-state index in [0.29, 0.717) is 22.7 Å². The molecule has 1 aromatic heterocycles.